The van der Waals surface area contributed by atoms with Gasteiger partial charge in [0.05, 0.1) is 7.11 Å². The lowest BCUT2D eigenvalue weighted by Gasteiger charge is -2.23. The monoisotopic (exact) mass is 269 g/mol. The van der Waals surface area contributed by atoms with Gasteiger partial charge >= 0.3 is 0 Å². The van der Waals surface area contributed by atoms with E-state index in [0.29, 0.717) is 6.04 Å². The largest absolute Gasteiger partial charge is 0.497 e. The summed E-state index contributed by atoms with van der Waals surface area (Å²) in [6, 6.07) is 19.5. The topological polar surface area (TPSA) is 21.3 Å². The quantitative estimate of drug-likeness (QED) is 0.834. The minimum Gasteiger partial charge on any atom is -0.497 e. The molecule has 106 valence electrons. The zero-order valence-electron chi connectivity index (χ0n) is 12.5. The summed E-state index contributed by atoms with van der Waals surface area (Å²) in [5, 5.41) is 3.69. The van der Waals surface area contributed by atoms with Gasteiger partial charge in [-0.25, -0.2) is 0 Å². The molecule has 0 bridgehead atoms. The van der Waals surface area contributed by atoms with Gasteiger partial charge in [0.1, 0.15) is 5.75 Å². The van der Waals surface area contributed by atoms with Crippen molar-refractivity contribution in [2.45, 2.75) is 32.4 Å². The minimum atomic E-state index is 0.287. The van der Waals surface area contributed by atoms with Crippen molar-refractivity contribution >= 4 is 0 Å². The van der Waals surface area contributed by atoms with Crippen LogP contribution in [0.25, 0.3) is 0 Å². The number of hydrogen-bond acceptors (Lipinski definition) is 2. The zero-order valence-corrected chi connectivity index (χ0v) is 12.5. The highest BCUT2D eigenvalue weighted by Crippen LogP contribution is 2.24. The van der Waals surface area contributed by atoms with Gasteiger partial charge in [-0.2, -0.15) is 0 Å². The zero-order chi connectivity index (χ0) is 14.4. The second-order valence-electron chi connectivity index (χ2n) is 5.04. The number of nitrogens with one attached hydrogen (secondary N) is 1. The Kier molecular flexibility index (Phi) is 5.19. The molecule has 2 atom stereocenters. The van der Waals surface area contributed by atoms with Gasteiger partial charge in [-0.1, -0.05) is 49.4 Å². The van der Waals surface area contributed by atoms with Crippen LogP contribution in [0.3, 0.4) is 0 Å². The second kappa shape index (κ2) is 7.11. The van der Waals surface area contributed by atoms with Gasteiger partial charge < -0.3 is 10.1 Å². The van der Waals surface area contributed by atoms with Crippen molar-refractivity contribution in [2.75, 3.05) is 7.11 Å². The van der Waals surface area contributed by atoms with Crippen LogP contribution in [0.4, 0.5) is 0 Å². The van der Waals surface area contributed by atoms with Gasteiger partial charge in [0.25, 0.3) is 0 Å². The van der Waals surface area contributed by atoms with Crippen LogP contribution in [0, 0.1) is 0 Å². The predicted molar refractivity (Wildman–Crippen MR) is 84.0 cm³/mol. The van der Waals surface area contributed by atoms with Gasteiger partial charge in [-0.05, 0) is 36.6 Å². The van der Waals surface area contributed by atoms with Crippen LogP contribution in [0.15, 0.2) is 54.6 Å². The molecular weight excluding hydrogens is 246 g/mol. The highest BCUT2D eigenvalue weighted by Gasteiger charge is 2.13. The summed E-state index contributed by atoms with van der Waals surface area (Å²) in [6.45, 7) is 4.41. The van der Waals surface area contributed by atoms with E-state index in [1.54, 1.807) is 7.11 Å². The fourth-order valence-corrected chi connectivity index (χ4v) is 2.44. The summed E-state index contributed by atoms with van der Waals surface area (Å²) in [5.41, 5.74) is 2.59. The van der Waals surface area contributed by atoms with Gasteiger partial charge in [-0.3, -0.25) is 0 Å². The predicted octanol–water partition coefficient (Wildman–Crippen LogP) is 4.50. The third kappa shape index (κ3) is 3.61. The van der Waals surface area contributed by atoms with Crippen LogP contribution in [-0.2, 0) is 0 Å². The van der Waals surface area contributed by atoms with E-state index in [2.05, 4.69) is 61.6 Å². The second-order valence-corrected chi connectivity index (χ2v) is 5.04. The summed E-state index contributed by atoms with van der Waals surface area (Å²) in [7, 11) is 1.70. The molecule has 0 aliphatic heterocycles. The molecule has 0 aliphatic rings. The summed E-state index contributed by atoms with van der Waals surface area (Å²) in [5.74, 6) is 0.906. The van der Waals surface area contributed by atoms with E-state index in [9.17, 15) is 0 Å². The Labute approximate surface area is 121 Å². The first kappa shape index (κ1) is 14.6. The molecule has 2 aromatic rings. The molecule has 20 heavy (non-hydrogen) atoms. The molecule has 2 heteroatoms. The summed E-state index contributed by atoms with van der Waals surface area (Å²) in [4.78, 5) is 0. The van der Waals surface area contributed by atoms with Crippen LogP contribution in [0.2, 0.25) is 0 Å². The Morgan fingerprint density at radius 1 is 1.00 bits per heavy atom. The van der Waals surface area contributed by atoms with Gasteiger partial charge in [0.2, 0.25) is 0 Å². The van der Waals surface area contributed by atoms with E-state index in [4.69, 9.17) is 4.74 Å². The van der Waals surface area contributed by atoms with Crippen LogP contribution in [0.5, 0.6) is 5.75 Å². The molecule has 2 rings (SSSR count). The Morgan fingerprint density at radius 2 is 1.70 bits per heavy atom. The van der Waals surface area contributed by atoms with Crippen molar-refractivity contribution in [3.63, 3.8) is 0 Å². The van der Waals surface area contributed by atoms with Crippen LogP contribution >= 0.6 is 0 Å². The summed E-state index contributed by atoms with van der Waals surface area (Å²) < 4.78 is 5.29. The van der Waals surface area contributed by atoms with Gasteiger partial charge in [0.15, 0.2) is 0 Å². The van der Waals surface area contributed by atoms with E-state index in [1.807, 2.05) is 12.1 Å². The summed E-state index contributed by atoms with van der Waals surface area (Å²) in [6.07, 6.45) is 1.07. The highest BCUT2D eigenvalue weighted by molar-refractivity contribution is 5.30. The molecule has 1 N–H and O–H groups in total. The molecular formula is C18H23NO. The third-order valence-electron chi connectivity index (χ3n) is 3.66. The van der Waals surface area contributed by atoms with Crippen molar-refractivity contribution in [1.29, 1.82) is 0 Å². The molecule has 0 spiro atoms. The number of benzene rings is 2. The lowest BCUT2D eigenvalue weighted by atomic mass is 10.0. The molecule has 0 heterocycles. The number of rotatable bonds is 6. The number of methoxy groups -OCH3 is 1. The smallest absolute Gasteiger partial charge is 0.119 e. The Morgan fingerprint density at radius 3 is 2.35 bits per heavy atom. The maximum Gasteiger partial charge on any atom is 0.119 e. The lowest BCUT2D eigenvalue weighted by Crippen LogP contribution is -2.24. The molecule has 1 unspecified atom stereocenters. The third-order valence-corrected chi connectivity index (χ3v) is 3.66. The van der Waals surface area contributed by atoms with Crippen LogP contribution in [-0.4, -0.2) is 7.11 Å². The first-order valence-electron chi connectivity index (χ1n) is 7.19. The Balaban J connectivity index is 2.11. The van der Waals surface area contributed by atoms with Gasteiger partial charge in [-0.15, -0.1) is 0 Å². The fourth-order valence-electron chi connectivity index (χ4n) is 2.44. The average molecular weight is 269 g/mol. The van der Waals surface area contributed by atoms with Crippen LogP contribution < -0.4 is 10.1 Å². The summed E-state index contributed by atoms with van der Waals surface area (Å²) >= 11 is 0. The molecule has 0 aromatic heterocycles. The average Bonchev–Trinajstić information content (AvgIpc) is 2.53. The van der Waals surface area contributed by atoms with Gasteiger partial charge in [0, 0.05) is 12.1 Å². The van der Waals surface area contributed by atoms with Crippen molar-refractivity contribution in [3.05, 3.63) is 65.7 Å². The SMILES string of the molecule is CCC(N[C@@H](C)c1cccc(OC)c1)c1ccccc1. The molecule has 0 saturated carbocycles. The van der Waals surface area contributed by atoms with E-state index < -0.39 is 0 Å². The van der Waals surface area contributed by atoms with E-state index in [0.717, 1.165) is 12.2 Å². The highest BCUT2D eigenvalue weighted by atomic mass is 16.5. The molecule has 0 fully saturated rings. The minimum absolute atomic E-state index is 0.287. The number of ether oxygens (including phenoxy) is 1. The maximum atomic E-state index is 5.29. The Hall–Kier alpha value is -1.80. The number of hydrogen-bond donors (Lipinski definition) is 1. The first-order chi connectivity index (χ1) is 9.74. The first-order valence-corrected chi connectivity index (χ1v) is 7.19. The van der Waals surface area contributed by atoms with E-state index >= 15 is 0 Å². The maximum absolute atomic E-state index is 5.29. The standard InChI is InChI=1S/C18H23NO/c1-4-18(15-9-6-5-7-10-15)19-14(2)16-11-8-12-17(13-16)20-3/h5-14,18-19H,4H2,1-3H3/t14-,18?/m0/s1. The molecule has 2 nitrogen and oxygen atoms in total. The van der Waals surface area contributed by atoms with Crippen molar-refractivity contribution < 1.29 is 4.74 Å². The molecule has 0 aliphatic carbocycles. The van der Waals surface area contributed by atoms with E-state index in [-0.39, 0.29) is 6.04 Å². The van der Waals surface area contributed by atoms with Crippen molar-refractivity contribution in [3.8, 4) is 5.75 Å². The van der Waals surface area contributed by atoms with Crippen molar-refractivity contribution in [2.24, 2.45) is 0 Å². The fraction of sp³-hybridized carbons (Fsp3) is 0.333. The molecule has 0 saturated heterocycles. The van der Waals surface area contributed by atoms with Crippen molar-refractivity contribution in [1.82, 2.24) is 5.32 Å². The molecule has 2 aromatic carbocycles. The normalized spacial score (nSPS) is 13.8. The molecule has 0 radical (unpaired) electrons. The molecule has 0 amide bonds. The lowest BCUT2D eigenvalue weighted by molar-refractivity contribution is 0.411. The van der Waals surface area contributed by atoms with Crippen LogP contribution in [0.1, 0.15) is 43.5 Å². The Bertz CT molecular complexity index is 524. The van der Waals surface area contributed by atoms with E-state index in [1.165, 1.54) is 11.1 Å².